The first kappa shape index (κ1) is 12.9. The monoisotopic (exact) mass is 285 g/mol. The molecule has 4 heterocycles. The molecule has 6 nitrogen and oxygen atoms in total. The standard InChI is InChI=1S/C15H19N5O/c1-11-17-18-15(21-11)10-20-9-13-6-14(20)8-19(13)7-12-4-2-3-5-16-12/h2-5,13-14H,6-10H2,1H3. The van der Waals surface area contributed by atoms with E-state index in [1.807, 2.05) is 19.2 Å². The summed E-state index contributed by atoms with van der Waals surface area (Å²) in [5.74, 6) is 1.38. The van der Waals surface area contributed by atoms with Crippen LogP contribution in [0.5, 0.6) is 0 Å². The Morgan fingerprint density at radius 2 is 1.95 bits per heavy atom. The van der Waals surface area contributed by atoms with Crippen molar-refractivity contribution in [1.82, 2.24) is 25.0 Å². The Bertz CT molecular complexity index is 614. The van der Waals surface area contributed by atoms with E-state index in [0.717, 1.165) is 37.8 Å². The zero-order chi connectivity index (χ0) is 14.2. The van der Waals surface area contributed by atoms with Crippen molar-refractivity contribution in [3.05, 3.63) is 41.9 Å². The number of hydrogen-bond donors (Lipinski definition) is 0. The van der Waals surface area contributed by atoms with E-state index in [0.29, 0.717) is 18.0 Å². The van der Waals surface area contributed by atoms with Gasteiger partial charge in [-0.25, -0.2) is 0 Å². The number of aromatic nitrogens is 3. The van der Waals surface area contributed by atoms with E-state index in [9.17, 15) is 0 Å². The van der Waals surface area contributed by atoms with Crippen molar-refractivity contribution in [2.24, 2.45) is 0 Å². The van der Waals surface area contributed by atoms with Gasteiger partial charge in [0, 0.05) is 44.8 Å². The first-order valence-corrected chi connectivity index (χ1v) is 7.45. The summed E-state index contributed by atoms with van der Waals surface area (Å²) >= 11 is 0. The first-order chi connectivity index (χ1) is 10.3. The van der Waals surface area contributed by atoms with Gasteiger partial charge in [0.1, 0.15) is 0 Å². The lowest BCUT2D eigenvalue weighted by molar-refractivity contribution is 0.109. The lowest BCUT2D eigenvalue weighted by Crippen LogP contribution is -2.45. The third-order valence-electron chi connectivity index (χ3n) is 4.46. The Morgan fingerprint density at radius 3 is 2.57 bits per heavy atom. The summed E-state index contributed by atoms with van der Waals surface area (Å²) in [6.07, 6.45) is 3.10. The van der Waals surface area contributed by atoms with E-state index < -0.39 is 0 Å². The molecule has 2 aromatic heterocycles. The number of likely N-dealkylation sites (tertiary alicyclic amines) is 2. The van der Waals surface area contributed by atoms with Crippen LogP contribution < -0.4 is 0 Å². The number of pyridine rings is 1. The van der Waals surface area contributed by atoms with E-state index in [-0.39, 0.29) is 0 Å². The minimum atomic E-state index is 0.603. The fourth-order valence-corrected chi connectivity index (χ4v) is 3.49. The van der Waals surface area contributed by atoms with E-state index in [1.54, 1.807) is 0 Å². The Kier molecular flexibility index (Phi) is 3.20. The third kappa shape index (κ3) is 2.56. The third-order valence-corrected chi connectivity index (χ3v) is 4.46. The second kappa shape index (κ2) is 5.20. The predicted molar refractivity (Wildman–Crippen MR) is 76.3 cm³/mol. The largest absolute Gasteiger partial charge is 0.424 e. The van der Waals surface area contributed by atoms with Gasteiger partial charge >= 0.3 is 0 Å². The van der Waals surface area contributed by atoms with Gasteiger partial charge in [-0.1, -0.05) is 6.07 Å². The van der Waals surface area contributed by atoms with Crippen molar-refractivity contribution in [3.8, 4) is 0 Å². The molecule has 2 atom stereocenters. The van der Waals surface area contributed by atoms with E-state index in [2.05, 4.69) is 37.1 Å². The molecule has 2 bridgehead atoms. The average molecular weight is 285 g/mol. The van der Waals surface area contributed by atoms with Crippen LogP contribution in [0.15, 0.2) is 28.8 Å². The van der Waals surface area contributed by atoms with Crippen LogP contribution in [-0.4, -0.2) is 50.2 Å². The van der Waals surface area contributed by atoms with Crippen molar-refractivity contribution >= 4 is 0 Å². The molecule has 0 radical (unpaired) electrons. The SMILES string of the molecule is Cc1nnc(CN2CC3CC2CN3Cc2ccccn2)o1. The van der Waals surface area contributed by atoms with Crippen LogP contribution in [0.3, 0.4) is 0 Å². The number of aryl methyl sites for hydroxylation is 1. The Balaban J connectivity index is 1.37. The highest BCUT2D eigenvalue weighted by atomic mass is 16.4. The van der Waals surface area contributed by atoms with Crippen LogP contribution in [0.4, 0.5) is 0 Å². The maximum absolute atomic E-state index is 5.49. The molecule has 4 rings (SSSR count). The lowest BCUT2D eigenvalue weighted by atomic mass is 10.2. The maximum atomic E-state index is 5.49. The molecule has 2 fully saturated rings. The molecule has 2 aliphatic heterocycles. The summed E-state index contributed by atoms with van der Waals surface area (Å²) in [6, 6.07) is 7.35. The van der Waals surface area contributed by atoms with Crippen molar-refractivity contribution < 1.29 is 4.42 Å². The summed E-state index contributed by atoms with van der Waals surface area (Å²) in [4.78, 5) is 9.44. The van der Waals surface area contributed by atoms with Gasteiger partial charge < -0.3 is 4.42 Å². The molecule has 0 aliphatic carbocycles. The Labute approximate surface area is 123 Å². The zero-order valence-corrected chi connectivity index (χ0v) is 12.1. The molecule has 0 amide bonds. The molecule has 2 unspecified atom stereocenters. The summed E-state index contributed by atoms with van der Waals surface area (Å²) in [6.45, 7) is 5.75. The van der Waals surface area contributed by atoms with Crippen molar-refractivity contribution in [3.63, 3.8) is 0 Å². The highest BCUT2D eigenvalue weighted by Gasteiger charge is 2.43. The second-order valence-corrected chi connectivity index (χ2v) is 5.94. The highest BCUT2D eigenvalue weighted by molar-refractivity contribution is 5.07. The van der Waals surface area contributed by atoms with Crippen LogP contribution in [0.2, 0.25) is 0 Å². The molecule has 2 aromatic rings. The van der Waals surface area contributed by atoms with E-state index in [1.165, 1.54) is 6.42 Å². The number of piperazine rings is 1. The molecule has 21 heavy (non-hydrogen) atoms. The number of hydrogen-bond acceptors (Lipinski definition) is 6. The van der Waals surface area contributed by atoms with Gasteiger partial charge in [-0.05, 0) is 18.6 Å². The zero-order valence-electron chi connectivity index (χ0n) is 12.1. The smallest absolute Gasteiger partial charge is 0.230 e. The molecule has 0 saturated carbocycles. The van der Waals surface area contributed by atoms with Gasteiger partial charge in [-0.2, -0.15) is 0 Å². The topological polar surface area (TPSA) is 58.3 Å². The molecule has 2 saturated heterocycles. The fraction of sp³-hybridized carbons (Fsp3) is 0.533. The van der Waals surface area contributed by atoms with Gasteiger partial charge in [0.2, 0.25) is 11.8 Å². The Hall–Kier alpha value is -1.79. The number of fused-ring (bicyclic) bond motifs is 2. The van der Waals surface area contributed by atoms with Gasteiger partial charge in [0.15, 0.2) is 0 Å². The van der Waals surface area contributed by atoms with Gasteiger partial charge in [0.25, 0.3) is 0 Å². The Morgan fingerprint density at radius 1 is 1.14 bits per heavy atom. The molecule has 0 spiro atoms. The molecule has 0 aromatic carbocycles. The summed E-state index contributed by atoms with van der Waals surface area (Å²) in [5, 5.41) is 8.00. The van der Waals surface area contributed by atoms with E-state index >= 15 is 0 Å². The van der Waals surface area contributed by atoms with Crippen LogP contribution in [0, 0.1) is 6.92 Å². The lowest BCUT2D eigenvalue weighted by Gasteiger charge is -2.33. The predicted octanol–water partition coefficient (Wildman–Crippen LogP) is 1.23. The van der Waals surface area contributed by atoms with Gasteiger partial charge in [-0.3, -0.25) is 14.8 Å². The summed E-state index contributed by atoms with van der Waals surface area (Å²) < 4.78 is 5.49. The summed E-state index contributed by atoms with van der Waals surface area (Å²) in [5.41, 5.74) is 1.16. The number of rotatable bonds is 4. The van der Waals surface area contributed by atoms with Crippen LogP contribution >= 0.6 is 0 Å². The van der Waals surface area contributed by atoms with Crippen LogP contribution in [-0.2, 0) is 13.1 Å². The van der Waals surface area contributed by atoms with E-state index in [4.69, 9.17) is 4.42 Å². The van der Waals surface area contributed by atoms with Gasteiger partial charge in [-0.15, -0.1) is 10.2 Å². The molecule has 6 heteroatoms. The van der Waals surface area contributed by atoms with Gasteiger partial charge in [0.05, 0.1) is 12.2 Å². The minimum Gasteiger partial charge on any atom is -0.424 e. The second-order valence-electron chi connectivity index (χ2n) is 5.94. The molecular weight excluding hydrogens is 266 g/mol. The normalized spacial score (nSPS) is 25.8. The summed E-state index contributed by atoms with van der Waals surface area (Å²) in [7, 11) is 0. The first-order valence-electron chi connectivity index (χ1n) is 7.45. The minimum absolute atomic E-state index is 0.603. The quantitative estimate of drug-likeness (QED) is 0.842. The molecular formula is C15H19N5O. The highest BCUT2D eigenvalue weighted by Crippen LogP contribution is 2.32. The van der Waals surface area contributed by atoms with Crippen molar-refractivity contribution in [2.45, 2.75) is 38.5 Å². The fourth-order valence-electron chi connectivity index (χ4n) is 3.49. The van der Waals surface area contributed by atoms with Crippen molar-refractivity contribution in [1.29, 1.82) is 0 Å². The molecule has 110 valence electrons. The molecule has 2 aliphatic rings. The average Bonchev–Trinajstić information content (AvgIpc) is 3.17. The maximum Gasteiger partial charge on any atom is 0.230 e. The van der Waals surface area contributed by atoms with Crippen molar-refractivity contribution in [2.75, 3.05) is 13.1 Å². The molecule has 0 N–H and O–H groups in total. The number of nitrogens with zero attached hydrogens (tertiary/aromatic N) is 5. The van der Waals surface area contributed by atoms with Crippen LogP contribution in [0.25, 0.3) is 0 Å². The van der Waals surface area contributed by atoms with Crippen LogP contribution in [0.1, 0.15) is 23.9 Å².